The van der Waals surface area contributed by atoms with Crippen LogP contribution in [0.5, 0.6) is 0 Å². The number of carbonyl (C=O) groups is 3. The molecule has 142 valence electrons. The lowest BCUT2D eigenvalue weighted by atomic mass is 10.1. The zero-order valence-electron chi connectivity index (χ0n) is 15.0. The van der Waals surface area contributed by atoms with Gasteiger partial charge >= 0.3 is 12.0 Å². The van der Waals surface area contributed by atoms with E-state index in [2.05, 4.69) is 10.6 Å². The van der Waals surface area contributed by atoms with Gasteiger partial charge in [0.2, 0.25) is 0 Å². The topological polar surface area (TPSA) is 111 Å². The fourth-order valence-corrected chi connectivity index (χ4v) is 2.68. The van der Waals surface area contributed by atoms with Crippen LogP contribution in [-0.2, 0) is 16.1 Å². The lowest BCUT2D eigenvalue weighted by molar-refractivity contribution is -0.119. The Balaban J connectivity index is 1.55. The van der Waals surface area contributed by atoms with E-state index in [0.29, 0.717) is 11.3 Å². The molecule has 0 aromatic heterocycles. The highest BCUT2D eigenvalue weighted by Gasteiger charge is 2.11. The molecular formula is C21H19N3O4. The highest BCUT2D eigenvalue weighted by molar-refractivity contribution is 6.03. The first-order valence-electron chi connectivity index (χ1n) is 8.60. The van der Waals surface area contributed by atoms with Crippen LogP contribution in [0.4, 0.5) is 10.5 Å². The van der Waals surface area contributed by atoms with Gasteiger partial charge in [0.1, 0.15) is 0 Å². The van der Waals surface area contributed by atoms with Gasteiger partial charge in [-0.25, -0.2) is 9.59 Å². The number of amides is 3. The molecule has 0 unspecified atom stereocenters. The van der Waals surface area contributed by atoms with Crippen molar-refractivity contribution in [2.45, 2.75) is 6.54 Å². The number of hydrogen-bond acceptors (Lipinski definition) is 4. The minimum Gasteiger partial charge on any atom is -0.452 e. The van der Waals surface area contributed by atoms with Gasteiger partial charge in [-0.3, -0.25) is 4.79 Å². The van der Waals surface area contributed by atoms with Crippen molar-refractivity contribution in [3.8, 4) is 0 Å². The molecule has 0 bridgehead atoms. The number of rotatable bonds is 6. The minimum absolute atomic E-state index is 0.262. The summed E-state index contributed by atoms with van der Waals surface area (Å²) in [5.74, 6) is -1.03. The molecule has 0 fully saturated rings. The lowest BCUT2D eigenvalue weighted by Gasteiger charge is -2.09. The van der Waals surface area contributed by atoms with Crippen LogP contribution in [0.15, 0.2) is 66.7 Å². The minimum atomic E-state index is -0.624. The number of carbonyl (C=O) groups excluding carboxylic acids is 3. The largest absolute Gasteiger partial charge is 0.452 e. The first-order valence-corrected chi connectivity index (χ1v) is 8.60. The molecular weight excluding hydrogens is 358 g/mol. The molecule has 0 saturated heterocycles. The standard InChI is InChI=1S/C21H19N3O4/c22-21(27)23-12-14-8-10-16(11-9-14)20(26)28-13-19(25)24-18-7-3-5-15-4-1-2-6-17(15)18/h1-11H,12-13H2,(H,24,25)(H3,22,23,27). The highest BCUT2D eigenvalue weighted by Crippen LogP contribution is 2.22. The molecule has 4 N–H and O–H groups in total. The second-order valence-electron chi connectivity index (χ2n) is 6.07. The quantitative estimate of drug-likeness (QED) is 0.574. The van der Waals surface area contributed by atoms with Crippen LogP contribution >= 0.6 is 0 Å². The van der Waals surface area contributed by atoms with E-state index in [4.69, 9.17) is 10.5 Å². The van der Waals surface area contributed by atoms with Crippen LogP contribution in [0.25, 0.3) is 10.8 Å². The van der Waals surface area contributed by atoms with Gasteiger partial charge in [-0.2, -0.15) is 0 Å². The number of hydrogen-bond donors (Lipinski definition) is 3. The van der Waals surface area contributed by atoms with Crippen LogP contribution in [-0.4, -0.2) is 24.5 Å². The van der Waals surface area contributed by atoms with Crippen molar-refractivity contribution < 1.29 is 19.1 Å². The molecule has 0 aliphatic heterocycles. The number of anilines is 1. The van der Waals surface area contributed by atoms with Gasteiger partial charge < -0.3 is 21.1 Å². The second kappa shape index (κ2) is 8.68. The van der Waals surface area contributed by atoms with E-state index in [1.54, 1.807) is 30.3 Å². The van der Waals surface area contributed by atoms with Crippen LogP contribution in [0, 0.1) is 0 Å². The monoisotopic (exact) mass is 377 g/mol. The summed E-state index contributed by atoms with van der Waals surface area (Å²) in [5, 5.41) is 7.13. The van der Waals surface area contributed by atoms with Crippen molar-refractivity contribution in [2.24, 2.45) is 5.73 Å². The van der Waals surface area contributed by atoms with Gasteiger partial charge in [-0.15, -0.1) is 0 Å². The van der Waals surface area contributed by atoms with Gasteiger partial charge in [0.15, 0.2) is 6.61 Å². The fraction of sp³-hybridized carbons (Fsp3) is 0.0952. The Morgan fingerprint density at radius 1 is 0.893 bits per heavy atom. The first kappa shape index (κ1) is 18.9. The first-order chi connectivity index (χ1) is 13.5. The molecule has 7 nitrogen and oxygen atoms in total. The molecule has 3 aromatic rings. The van der Waals surface area contributed by atoms with E-state index in [-0.39, 0.29) is 6.54 Å². The molecule has 0 atom stereocenters. The number of benzene rings is 3. The number of ether oxygens (including phenoxy) is 1. The molecule has 0 saturated carbocycles. The van der Waals surface area contributed by atoms with Crippen LogP contribution in [0.3, 0.4) is 0 Å². The molecule has 0 aliphatic carbocycles. The Labute approximate surface area is 161 Å². The van der Waals surface area contributed by atoms with Crippen molar-refractivity contribution in [3.05, 3.63) is 77.9 Å². The number of primary amides is 1. The third kappa shape index (κ3) is 4.85. The third-order valence-corrected chi connectivity index (χ3v) is 4.05. The van der Waals surface area contributed by atoms with Gasteiger partial charge in [0.25, 0.3) is 5.91 Å². The normalized spacial score (nSPS) is 10.3. The van der Waals surface area contributed by atoms with Crippen LogP contribution in [0.1, 0.15) is 15.9 Å². The molecule has 28 heavy (non-hydrogen) atoms. The number of nitrogens with one attached hydrogen (secondary N) is 2. The summed E-state index contributed by atoms with van der Waals surface area (Å²) < 4.78 is 5.07. The van der Waals surface area contributed by atoms with E-state index < -0.39 is 24.5 Å². The van der Waals surface area contributed by atoms with E-state index in [1.165, 1.54) is 0 Å². The predicted molar refractivity (Wildman–Crippen MR) is 106 cm³/mol. The maximum absolute atomic E-state index is 12.2. The summed E-state index contributed by atoms with van der Waals surface area (Å²) in [6.45, 7) is -0.134. The van der Waals surface area contributed by atoms with E-state index in [0.717, 1.165) is 16.3 Å². The molecule has 3 rings (SSSR count). The Morgan fingerprint density at radius 2 is 1.61 bits per heavy atom. The molecule has 0 heterocycles. The van der Waals surface area contributed by atoms with Crippen molar-refractivity contribution in [1.82, 2.24) is 5.32 Å². The second-order valence-corrected chi connectivity index (χ2v) is 6.07. The SMILES string of the molecule is NC(=O)NCc1ccc(C(=O)OCC(=O)Nc2cccc3ccccc23)cc1. The smallest absolute Gasteiger partial charge is 0.338 e. The zero-order valence-corrected chi connectivity index (χ0v) is 15.0. The van der Waals surface area contributed by atoms with E-state index in [1.807, 2.05) is 36.4 Å². The lowest BCUT2D eigenvalue weighted by Crippen LogP contribution is -2.28. The van der Waals surface area contributed by atoms with Crippen molar-refractivity contribution in [2.75, 3.05) is 11.9 Å². The van der Waals surface area contributed by atoms with Gasteiger partial charge in [0, 0.05) is 17.6 Å². The van der Waals surface area contributed by atoms with Crippen molar-refractivity contribution in [3.63, 3.8) is 0 Å². The van der Waals surface area contributed by atoms with Crippen molar-refractivity contribution in [1.29, 1.82) is 0 Å². The Hall–Kier alpha value is -3.87. The maximum Gasteiger partial charge on any atom is 0.338 e. The number of nitrogens with two attached hydrogens (primary N) is 1. The summed E-state index contributed by atoms with van der Waals surface area (Å²) in [7, 11) is 0. The number of fused-ring (bicyclic) bond motifs is 1. The van der Waals surface area contributed by atoms with E-state index >= 15 is 0 Å². The summed E-state index contributed by atoms with van der Waals surface area (Å²) in [6, 6.07) is 19.1. The summed E-state index contributed by atoms with van der Waals surface area (Å²) in [4.78, 5) is 35.0. The Morgan fingerprint density at radius 3 is 2.36 bits per heavy atom. The maximum atomic E-state index is 12.2. The zero-order chi connectivity index (χ0) is 19.9. The molecule has 0 aliphatic rings. The predicted octanol–water partition coefficient (Wildman–Crippen LogP) is 2.80. The van der Waals surface area contributed by atoms with Gasteiger partial charge in [0.05, 0.1) is 5.56 Å². The fourth-order valence-electron chi connectivity index (χ4n) is 2.68. The highest BCUT2D eigenvalue weighted by atomic mass is 16.5. The number of esters is 1. The average molecular weight is 377 g/mol. The van der Waals surface area contributed by atoms with Crippen LogP contribution < -0.4 is 16.4 Å². The van der Waals surface area contributed by atoms with Gasteiger partial charge in [-0.1, -0.05) is 48.5 Å². The van der Waals surface area contributed by atoms with Gasteiger partial charge in [-0.05, 0) is 29.1 Å². The van der Waals surface area contributed by atoms with Crippen molar-refractivity contribution >= 4 is 34.4 Å². The Bertz CT molecular complexity index is 1010. The molecule has 3 aromatic carbocycles. The summed E-state index contributed by atoms with van der Waals surface area (Å²) >= 11 is 0. The third-order valence-electron chi connectivity index (χ3n) is 4.05. The molecule has 0 radical (unpaired) electrons. The summed E-state index contributed by atoms with van der Waals surface area (Å²) in [5.41, 5.74) is 6.76. The molecule has 3 amide bonds. The Kier molecular flexibility index (Phi) is 5.86. The van der Waals surface area contributed by atoms with E-state index in [9.17, 15) is 14.4 Å². The molecule has 7 heteroatoms. The summed E-state index contributed by atoms with van der Waals surface area (Å²) in [6.07, 6.45) is 0. The van der Waals surface area contributed by atoms with Crippen LogP contribution in [0.2, 0.25) is 0 Å². The number of urea groups is 1. The molecule has 0 spiro atoms. The average Bonchev–Trinajstić information content (AvgIpc) is 2.71.